The van der Waals surface area contributed by atoms with Crippen LogP contribution in [0.15, 0.2) is 48.7 Å². The van der Waals surface area contributed by atoms with Crippen molar-refractivity contribution in [1.29, 1.82) is 0 Å². The number of amides is 2. The molecule has 0 spiro atoms. The second-order valence-electron chi connectivity index (χ2n) is 6.84. The lowest BCUT2D eigenvalue weighted by atomic mass is 10.2. The molecule has 0 radical (unpaired) electrons. The Hall–Kier alpha value is -3.56. The molecule has 0 fully saturated rings. The fourth-order valence-corrected chi connectivity index (χ4v) is 2.96. The average Bonchev–Trinajstić information content (AvgIpc) is 3.03. The smallest absolute Gasteiger partial charge is 0.422 e. The van der Waals surface area contributed by atoms with Gasteiger partial charge in [0.25, 0.3) is 0 Å². The molecule has 0 saturated heterocycles. The van der Waals surface area contributed by atoms with Crippen LogP contribution in [-0.2, 0) is 13.1 Å². The first-order valence-corrected chi connectivity index (χ1v) is 9.49. The SMILES string of the molecule is Cc1nn(-c2ccccc2)c(C)c1CNC(=O)NCc1ccnc(OCC(F)(F)F)c1. The molecule has 2 amide bonds. The third-order valence-corrected chi connectivity index (χ3v) is 4.50. The number of urea groups is 1. The number of rotatable bonds is 7. The Morgan fingerprint density at radius 3 is 2.52 bits per heavy atom. The lowest BCUT2D eigenvalue weighted by Gasteiger charge is -2.11. The standard InChI is InChI=1S/C21H22F3N5O2/c1-14-18(15(2)29(28-14)17-6-4-3-5-7-17)12-27-20(30)26-11-16-8-9-25-19(10-16)31-13-21(22,23)24/h3-10H,11-13H2,1-2H3,(H2,26,27,30). The highest BCUT2D eigenvalue weighted by molar-refractivity contribution is 5.73. The molecule has 31 heavy (non-hydrogen) atoms. The van der Waals surface area contributed by atoms with E-state index in [2.05, 4.69) is 25.5 Å². The summed E-state index contributed by atoms with van der Waals surface area (Å²) in [6, 6.07) is 12.2. The summed E-state index contributed by atoms with van der Waals surface area (Å²) < 4.78 is 43.2. The topological polar surface area (TPSA) is 81.1 Å². The Balaban J connectivity index is 1.54. The molecule has 164 valence electrons. The quantitative estimate of drug-likeness (QED) is 0.594. The van der Waals surface area contributed by atoms with E-state index in [0.717, 1.165) is 22.6 Å². The number of nitrogens with one attached hydrogen (secondary N) is 2. The number of aryl methyl sites for hydroxylation is 1. The summed E-state index contributed by atoms with van der Waals surface area (Å²) in [5.74, 6) is -0.156. The van der Waals surface area contributed by atoms with Gasteiger partial charge in [-0.3, -0.25) is 0 Å². The number of halogens is 3. The van der Waals surface area contributed by atoms with Crippen LogP contribution in [0.1, 0.15) is 22.5 Å². The molecule has 2 heterocycles. The molecule has 0 bridgehead atoms. The molecule has 2 aromatic heterocycles. The van der Waals surface area contributed by atoms with Crippen LogP contribution in [0.4, 0.5) is 18.0 Å². The molecule has 0 aliphatic rings. The van der Waals surface area contributed by atoms with E-state index in [1.165, 1.54) is 12.3 Å². The van der Waals surface area contributed by atoms with Crippen molar-refractivity contribution in [3.05, 3.63) is 71.2 Å². The molecular formula is C21H22F3N5O2. The summed E-state index contributed by atoms with van der Waals surface area (Å²) in [5.41, 5.74) is 4.13. The Labute approximate surface area is 177 Å². The van der Waals surface area contributed by atoms with E-state index >= 15 is 0 Å². The number of hydrogen-bond donors (Lipinski definition) is 2. The van der Waals surface area contributed by atoms with E-state index < -0.39 is 18.8 Å². The Morgan fingerprint density at radius 1 is 1.10 bits per heavy atom. The predicted octanol–water partition coefficient (Wildman–Crippen LogP) is 3.82. The fraction of sp³-hybridized carbons (Fsp3) is 0.286. The molecule has 1 aromatic carbocycles. The lowest BCUT2D eigenvalue weighted by molar-refractivity contribution is -0.154. The number of para-hydroxylation sites is 1. The zero-order chi connectivity index (χ0) is 22.4. The molecule has 0 aliphatic heterocycles. The number of alkyl halides is 3. The number of ether oxygens (including phenoxy) is 1. The predicted molar refractivity (Wildman–Crippen MR) is 108 cm³/mol. The fourth-order valence-electron chi connectivity index (χ4n) is 2.96. The van der Waals surface area contributed by atoms with Gasteiger partial charge in [0.2, 0.25) is 5.88 Å². The van der Waals surface area contributed by atoms with Crippen LogP contribution in [-0.4, -0.2) is 33.6 Å². The van der Waals surface area contributed by atoms with Crippen molar-refractivity contribution in [3.63, 3.8) is 0 Å². The third kappa shape index (κ3) is 6.21. The van der Waals surface area contributed by atoms with Gasteiger partial charge in [-0.15, -0.1) is 0 Å². The van der Waals surface area contributed by atoms with Crippen LogP contribution in [0.5, 0.6) is 5.88 Å². The van der Waals surface area contributed by atoms with Gasteiger partial charge in [0.05, 0.1) is 11.4 Å². The van der Waals surface area contributed by atoms with E-state index in [0.29, 0.717) is 5.56 Å². The van der Waals surface area contributed by atoms with Crippen molar-refractivity contribution in [2.24, 2.45) is 0 Å². The third-order valence-electron chi connectivity index (χ3n) is 4.50. The molecular weight excluding hydrogens is 411 g/mol. The molecule has 0 atom stereocenters. The Kier molecular flexibility index (Phi) is 6.78. The van der Waals surface area contributed by atoms with Crippen molar-refractivity contribution in [1.82, 2.24) is 25.4 Å². The molecule has 7 nitrogen and oxygen atoms in total. The van der Waals surface area contributed by atoms with Crippen LogP contribution < -0.4 is 15.4 Å². The molecule has 0 saturated carbocycles. The summed E-state index contributed by atoms with van der Waals surface area (Å²) >= 11 is 0. The minimum absolute atomic E-state index is 0.109. The van der Waals surface area contributed by atoms with Gasteiger partial charge in [0.15, 0.2) is 6.61 Å². The monoisotopic (exact) mass is 433 g/mol. The molecule has 3 aromatic rings. The van der Waals surface area contributed by atoms with Gasteiger partial charge in [-0.2, -0.15) is 18.3 Å². The highest BCUT2D eigenvalue weighted by atomic mass is 19.4. The Bertz CT molecular complexity index is 1040. The summed E-state index contributed by atoms with van der Waals surface area (Å²) in [4.78, 5) is 15.9. The van der Waals surface area contributed by atoms with Gasteiger partial charge in [0, 0.05) is 36.6 Å². The number of carbonyl (C=O) groups is 1. The van der Waals surface area contributed by atoms with E-state index in [1.807, 2.05) is 48.9 Å². The number of carbonyl (C=O) groups excluding carboxylic acids is 1. The summed E-state index contributed by atoms with van der Waals surface area (Å²) in [6.07, 6.45) is -3.12. The van der Waals surface area contributed by atoms with Gasteiger partial charge in [0.1, 0.15) is 0 Å². The minimum Gasteiger partial charge on any atom is -0.468 e. The van der Waals surface area contributed by atoms with E-state index in [-0.39, 0.29) is 19.0 Å². The van der Waals surface area contributed by atoms with Gasteiger partial charge >= 0.3 is 12.2 Å². The second kappa shape index (κ2) is 9.50. The molecule has 0 unspecified atom stereocenters. The first-order valence-electron chi connectivity index (χ1n) is 9.49. The first-order chi connectivity index (χ1) is 14.7. The minimum atomic E-state index is -4.44. The van der Waals surface area contributed by atoms with Crippen molar-refractivity contribution >= 4 is 6.03 Å². The maximum Gasteiger partial charge on any atom is 0.422 e. The highest BCUT2D eigenvalue weighted by Gasteiger charge is 2.28. The molecule has 3 rings (SSSR count). The zero-order valence-corrected chi connectivity index (χ0v) is 17.0. The van der Waals surface area contributed by atoms with Gasteiger partial charge in [-0.1, -0.05) is 18.2 Å². The van der Waals surface area contributed by atoms with Crippen LogP contribution in [0.2, 0.25) is 0 Å². The van der Waals surface area contributed by atoms with Crippen molar-refractivity contribution < 1.29 is 22.7 Å². The maximum absolute atomic E-state index is 12.3. The number of pyridine rings is 1. The van der Waals surface area contributed by atoms with Crippen molar-refractivity contribution in [3.8, 4) is 11.6 Å². The van der Waals surface area contributed by atoms with Crippen LogP contribution in [0, 0.1) is 13.8 Å². The van der Waals surface area contributed by atoms with Gasteiger partial charge < -0.3 is 15.4 Å². The number of nitrogens with zero attached hydrogens (tertiary/aromatic N) is 3. The second-order valence-corrected chi connectivity index (χ2v) is 6.84. The molecule has 2 N–H and O–H groups in total. The Morgan fingerprint density at radius 2 is 1.81 bits per heavy atom. The lowest BCUT2D eigenvalue weighted by Crippen LogP contribution is -2.34. The number of aromatic nitrogens is 3. The highest BCUT2D eigenvalue weighted by Crippen LogP contribution is 2.18. The average molecular weight is 433 g/mol. The number of benzene rings is 1. The van der Waals surface area contributed by atoms with Crippen LogP contribution in [0.3, 0.4) is 0 Å². The molecule has 0 aliphatic carbocycles. The first kappa shape index (κ1) is 22.1. The summed E-state index contributed by atoms with van der Waals surface area (Å²) in [7, 11) is 0. The van der Waals surface area contributed by atoms with E-state index in [4.69, 9.17) is 0 Å². The van der Waals surface area contributed by atoms with E-state index in [1.54, 1.807) is 6.07 Å². The van der Waals surface area contributed by atoms with Crippen LogP contribution in [0.25, 0.3) is 5.69 Å². The molecule has 10 heteroatoms. The van der Waals surface area contributed by atoms with Crippen molar-refractivity contribution in [2.75, 3.05) is 6.61 Å². The summed E-state index contributed by atoms with van der Waals surface area (Å²) in [5, 5.41) is 9.98. The zero-order valence-electron chi connectivity index (χ0n) is 17.0. The van der Waals surface area contributed by atoms with Crippen molar-refractivity contribution in [2.45, 2.75) is 33.1 Å². The summed E-state index contributed by atoms with van der Waals surface area (Å²) in [6.45, 7) is 2.78. The van der Waals surface area contributed by atoms with E-state index in [9.17, 15) is 18.0 Å². The van der Waals surface area contributed by atoms with Gasteiger partial charge in [-0.05, 0) is 37.6 Å². The van der Waals surface area contributed by atoms with Gasteiger partial charge in [-0.25, -0.2) is 14.5 Å². The largest absolute Gasteiger partial charge is 0.468 e. The normalized spacial score (nSPS) is 11.3. The maximum atomic E-state index is 12.3. The number of hydrogen-bond acceptors (Lipinski definition) is 4. The van der Waals surface area contributed by atoms with Crippen LogP contribution >= 0.6 is 0 Å².